The van der Waals surface area contributed by atoms with Gasteiger partial charge in [0, 0.05) is 21.7 Å². The molecule has 50 heavy (non-hydrogen) atoms. The van der Waals surface area contributed by atoms with E-state index in [1.165, 1.54) is 0 Å². The van der Waals surface area contributed by atoms with Crippen molar-refractivity contribution in [2.75, 3.05) is 0 Å². The summed E-state index contributed by atoms with van der Waals surface area (Å²) in [4.78, 5) is 0. The minimum Gasteiger partial charge on any atom is -0.464 e. The average Bonchev–Trinajstić information content (AvgIpc) is 3.89. The van der Waals surface area contributed by atoms with Gasteiger partial charge >= 0.3 is 0 Å². The van der Waals surface area contributed by atoms with E-state index in [1.54, 1.807) is 24.5 Å². The van der Waals surface area contributed by atoms with Crippen molar-refractivity contribution in [3.8, 4) is 33.4 Å². The Labute approximate surface area is 308 Å². The summed E-state index contributed by atoms with van der Waals surface area (Å²) in [5, 5.41) is 2.40. The minimum absolute atomic E-state index is 0.0145. The van der Waals surface area contributed by atoms with E-state index in [2.05, 4.69) is 6.07 Å². The second-order valence-electron chi connectivity index (χ2n) is 12.1. The molecule has 11 aromatic rings. The topological polar surface area (TPSA) is 26.3 Å². The van der Waals surface area contributed by atoms with E-state index >= 15 is 0 Å². The molecule has 0 radical (unpaired) electrons. The molecule has 0 aliphatic rings. The average molecular weight is 652 g/mol. The summed E-state index contributed by atoms with van der Waals surface area (Å²) in [6.07, 6.45) is 1.70. The maximum atomic E-state index is 9.45. The number of rotatable bonds is 3. The Balaban J connectivity index is 1.25. The first-order chi connectivity index (χ1) is 31.0. The highest BCUT2D eigenvalue weighted by molar-refractivity contribution is 6.22. The molecule has 0 unspecified atom stereocenters. The van der Waals surface area contributed by atoms with Crippen molar-refractivity contribution in [1.29, 1.82) is 0 Å². The minimum atomic E-state index is -0.749. The van der Waals surface area contributed by atoms with E-state index in [4.69, 9.17) is 21.2 Å². The van der Waals surface area contributed by atoms with Crippen LogP contribution in [0, 0.1) is 0 Å². The summed E-state index contributed by atoms with van der Waals surface area (Å²) in [7, 11) is 0. The van der Waals surface area contributed by atoms with E-state index in [-0.39, 0.29) is 38.2 Å². The molecule has 0 N–H and O–H groups in total. The van der Waals surface area contributed by atoms with Gasteiger partial charge in [0.2, 0.25) is 0 Å². The first kappa shape index (κ1) is 16.6. The van der Waals surface area contributed by atoms with E-state index in [9.17, 15) is 8.22 Å². The molecular weight excluding hydrogens is 609 g/mol. The highest BCUT2D eigenvalue weighted by Crippen LogP contribution is 2.45. The molecule has 11 rings (SSSR count). The molecule has 2 aromatic heterocycles. The third-order valence-corrected chi connectivity index (χ3v) is 9.39. The van der Waals surface area contributed by atoms with Crippen molar-refractivity contribution in [2.24, 2.45) is 0 Å². The highest BCUT2D eigenvalue weighted by Gasteiger charge is 2.19. The molecule has 2 heterocycles. The lowest BCUT2D eigenvalue weighted by molar-refractivity contribution is 0.617. The van der Waals surface area contributed by atoms with Crippen molar-refractivity contribution in [3.63, 3.8) is 0 Å². The summed E-state index contributed by atoms with van der Waals surface area (Å²) in [6.45, 7) is 0. The van der Waals surface area contributed by atoms with Crippen LogP contribution in [0.2, 0.25) is 0 Å². The Bertz CT molecular complexity index is 3940. The predicted molar refractivity (Wildman–Crippen MR) is 210 cm³/mol. The number of hydrogen-bond donors (Lipinski definition) is 0. The van der Waals surface area contributed by atoms with Gasteiger partial charge in [-0.3, -0.25) is 0 Å². The van der Waals surface area contributed by atoms with Gasteiger partial charge in [-0.1, -0.05) is 127 Å². The molecule has 0 aliphatic carbocycles. The Kier molecular flexibility index (Phi) is 3.47. The Hall–Kier alpha value is -6.64. The fourth-order valence-electron chi connectivity index (χ4n) is 7.10. The summed E-state index contributed by atoms with van der Waals surface area (Å²) >= 11 is 0. The molecule has 2 nitrogen and oxygen atoms in total. The quantitative estimate of drug-likeness (QED) is 0.178. The molecular formula is C48H28O2. The van der Waals surface area contributed by atoms with Crippen molar-refractivity contribution in [1.82, 2.24) is 0 Å². The summed E-state index contributed by atoms with van der Waals surface area (Å²) in [6, 6.07) is 12.7. The molecule has 0 amide bonds. The van der Waals surface area contributed by atoms with Gasteiger partial charge in [-0.25, -0.2) is 0 Å². The zero-order chi connectivity index (χ0) is 45.8. The SMILES string of the molecule is [2H]c1c([2H])c([2H])c2c([2H])c(-c3c4c([2H])c([2H])c([2H])c([2H])c4c(-c4ccc5c(c4)oc4cc6c(-c7ccc8ccccc8c7)coc6cc45)c4c([2H])c([2H])c([2H])c([2H])c34)c([2H])c([2H])c2c1[2H]. The summed E-state index contributed by atoms with van der Waals surface area (Å²) in [5.74, 6) is 0. The van der Waals surface area contributed by atoms with Crippen LogP contribution in [0.25, 0.3) is 109 Å². The lowest BCUT2D eigenvalue weighted by Crippen LogP contribution is -1.91. The van der Waals surface area contributed by atoms with Gasteiger partial charge in [0.1, 0.15) is 16.7 Å². The van der Waals surface area contributed by atoms with Gasteiger partial charge in [0.25, 0.3) is 0 Å². The predicted octanol–water partition coefficient (Wildman–Crippen LogP) is 13.9. The molecule has 9 aromatic carbocycles. The maximum Gasteiger partial charge on any atom is 0.136 e. The first-order valence-corrected chi connectivity index (χ1v) is 15.8. The monoisotopic (exact) mass is 651 g/mol. The summed E-state index contributed by atoms with van der Waals surface area (Å²) < 4.78 is 147. The number of furan rings is 2. The smallest absolute Gasteiger partial charge is 0.136 e. The van der Waals surface area contributed by atoms with E-state index in [1.807, 2.05) is 48.5 Å². The van der Waals surface area contributed by atoms with Gasteiger partial charge in [-0.15, -0.1) is 0 Å². The fourth-order valence-corrected chi connectivity index (χ4v) is 7.10. The molecule has 0 fully saturated rings. The number of benzene rings is 9. The standard InChI is InChI=1S/C48H28O2/c1-3-11-31-23-33(19-17-29(31)9-1)43-28-49-44-26-41-36-22-21-35(25-45(36)50-46(41)27-42(43)44)48-39-15-7-5-13-37(39)47(38-14-6-8-16-40(38)48)34-20-18-30-10-2-4-12-32(30)24-34/h1-28H/i2D,4D,5D,6D,7D,8D,10D,12D,13D,14D,15D,16D,18D,20D,24D. The van der Waals surface area contributed by atoms with Crippen LogP contribution in [0.15, 0.2) is 179 Å². The zero-order valence-electron chi connectivity index (χ0n) is 40.8. The molecule has 0 atom stereocenters. The third kappa shape index (κ3) is 4.03. The Morgan fingerprint density at radius 1 is 0.400 bits per heavy atom. The van der Waals surface area contributed by atoms with Gasteiger partial charge in [0.05, 0.1) is 26.8 Å². The largest absolute Gasteiger partial charge is 0.464 e. The first-order valence-electron chi connectivity index (χ1n) is 23.3. The van der Waals surface area contributed by atoms with E-state index < -0.39 is 107 Å². The highest BCUT2D eigenvalue weighted by atomic mass is 16.3. The van der Waals surface area contributed by atoms with Crippen molar-refractivity contribution < 1.29 is 29.4 Å². The molecule has 0 saturated carbocycles. The number of hydrogen-bond acceptors (Lipinski definition) is 2. The Morgan fingerprint density at radius 2 is 1.04 bits per heavy atom. The molecule has 0 saturated heterocycles. The Morgan fingerprint density at radius 3 is 1.82 bits per heavy atom. The van der Waals surface area contributed by atoms with Gasteiger partial charge < -0.3 is 8.83 Å². The van der Waals surface area contributed by atoms with Crippen LogP contribution in [-0.2, 0) is 0 Å². The fraction of sp³-hybridized carbons (Fsp3) is 0. The molecule has 2 heteroatoms. The molecule has 232 valence electrons. The molecule has 0 aliphatic heterocycles. The van der Waals surface area contributed by atoms with Crippen LogP contribution >= 0.6 is 0 Å². The van der Waals surface area contributed by atoms with Crippen molar-refractivity contribution in [2.45, 2.75) is 0 Å². The maximum absolute atomic E-state index is 9.45. The lowest BCUT2D eigenvalue weighted by atomic mass is 9.85. The van der Waals surface area contributed by atoms with Crippen LogP contribution in [0.5, 0.6) is 0 Å². The van der Waals surface area contributed by atoms with Crippen LogP contribution in [0.1, 0.15) is 20.6 Å². The van der Waals surface area contributed by atoms with Crippen LogP contribution in [-0.4, -0.2) is 0 Å². The van der Waals surface area contributed by atoms with E-state index in [0.29, 0.717) is 27.5 Å². The van der Waals surface area contributed by atoms with Crippen molar-refractivity contribution >= 4 is 76.0 Å². The van der Waals surface area contributed by atoms with E-state index in [0.717, 1.165) is 27.3 Å². The summed E-state index contributed by atoms with van der Waals surface area (Å²) in [5.41, 5.74) is 2.59. The number of fused-ring (bicyclic) bond motifs is 8. The van der Waals surface area contributed by atoms with Crippen LogP contribution in [0.4, 0.5) is 0 Å². The van der Waals surface area contributed by atoms with Crippen LogP contribution < -0.4 is 0 Å². The van der Waals surface area contributed by atoms with Gasteiger partial charge in [0.15, 0.2) is 0 Å². The lowest BCUT2D eigenvalue weighted by Gasteiger charge is -2.18. The second kappa shape index (κ2) is 10.4. The third-order valence-electron chi connectivity index (χ3n) is 9.39. The van der Waals surface area contributed by atoms with Gasteiger partial charge in [-0.05, 0) is 107 Å². The zero-order valence-corrected chi connectivity index (χ0v) is 25.8. The van der Waals surface area contributed by atoms with Crippen molar-refractivity contribution in [3.05, 3.63) is 170 Å². The molecule has 0 spiro atoms. The van der Waals surface area contributed by atoms with Crippen LogP contribution in [0.3, 0.4) is 0 Å². The normalized spacial score (nSPS) is 16.2. The van der Waals surface area contributed by atoms with Gasteiger partial charge in [-0.2, -0.15) is 0 Å². The second-order valence-corrected chi connectivity index (χ2v) is 12.1. The molecule has 0 bridgehead atoms.